The van der Waals surface area contributed by atoms with Crippen molar-refractivity contribution < 1.29 is 10.1 Å². The van der Waals surface area contributed by atoms with Crippen LogP contribution in [-0.2, 0) is 11.1 Å². The van der Waals surface area contributed by atoms with Gasteiger partial charge >= 0.3 is 0 Å². The third kappa shape index (κ3) is 2.27. The topological polar surface area (TPSA) is 34.2 Å². The maximum Gasteiger partial charge on any atom is 0.211 e. The highest BCUT2D eigenvalue weighted by atomic mass is 16.3. The van der Waals surface area contributed by atoms with E-state index in [4.69, 9.17) is 0 Å². The van der Waals surface area contributed by atoms with Gasteiger partial charge in [0.25, 0.3) is 0 Å². The Morgan fingerprint density at radius 1 is 0.741 bits per heavy atom. The zero-order valence-corrected chi connectivity index (χ0v) is 15.0. The smallest absolute Gasteiger partial charge is 0.211 e. The van der Waals surface area contributed by atoms with E-state index in [0.717, 1.165) is 23.1 Å². The van der Waals surface area contributed by atoms with E-state index in [1.54, 1.807) is 0 Å². The molecule has 0 saturated carbocycles. The van der Waals surface area contributed by atoms with Crippen LogP contribution in [-0.4, -0.2) is 11.3 Å². The van der Waals surface area contributed by atoms with Crippen molar-refractivity contribution in [2.45, 2.75) is 17.6 Å². The quantitative estimate of drug-likeness (QED) is 0.746. The molecule has 0 bridgehead atoms. The number of aliphatic hydroxyl groups is 1. The van der Waals surface area contributed by atoms with Crippen molar-refractivity contribution >= 4 is 11.8 Å². The summed E-state index contributed by atoms with van der Waals surface area (Å²) in [6, 6.07) is 30.8. The third-order valence-corrected chi connectivity index (χ3v) is 6.08. The Morgan fingerprint density at radius 2 is 1.30 bits per heavy atom. The molecular weight excluding hydrogens is 330 g/mol. The van der Waals surface area contributed by atoms with Crippen molar-refractivity contribution in [2.75, 3.05) is 0 Å². The van der Waals surface area contributed by atoms with Gasteiger partial charge in [-0.3, -0.25) is 0 Å². The normalized spacial score (nSPS) is 28.8. The number of fused-ring (bicyclic) bond motifs is 1. The number of benzene rings is 3. The minimum atomic E-state index is -1.06. The predicted octanol–water partition coefficient (Wildman–Crippen LogP) is 3.04. The first-order valence-corrected chi connectivity index (χ1v) is 9.47. The number of rotatable bonds is 3. The summed E-state index contributed by atoms with van der Waals surface area (Å²) in [5.41, 5.74) is 2.71. The first kappa shape index (κ1) is 16.2. The van der Waals surface area contributed by atoms with E-state index in [0.29, 0.717) is 0 Å². The summed E-state index contributed by atoms with van der Waals surface area (Å²) in [7, 11) is 0. The van der Waals surface area contributed by atoms with E-state index in [9.17, 15) is 5.11 Å². The maximum atomic E-state index is 12.2. The fraction of sp³-hybridized carbons (Fsp3) is 0.160. The van der Waals surface area contributed by atoms with Gasteiger partial charge in [-0.15, -0.1) is 0 Å². The lowest BCUT2D eigenvalue weighted by molar-refractivity contribution is -0.544. The molecule has 0 spiro atoms. The fourth-order valence-electron chi connectivity index (χ4n) is 4.85. The van der Waals surface area contributed by atoms with Crippen LogP contribution in [0.5, 0.6) is 0 Å². The van der Waals surface area contributed by atoms with Crippen LogP contribution in [0.15, 0.2) is 97.1 Å². The molecule has 3 atom stereocenters. The molecule has 3 aromatic rings. The Bertz CT molecular complexity index is 1010. The van der Waals surface area contributed by atoms with Gasteiger partial charge in [0.05, 0.1) is 5.92 Å². The lowest BCUT2D eigenvalue weighted by Crippen LogP contribution is -2.80. The van der Waals surface area contributed by atoms with Gasteiger partial charge in [-0.1, -0.05) is 91.0 Å². The van der Waals surface area contributed by atoms with Gasteiger partial charge < -0.3 is 5.11 Å². The third-order valence-electron chi connectivity index (χ3n) is 6.08. The van der Waals surface area contributed by atoms with Gasteiger partial charge in [0.1, 0.15) is 11.8 Å². The van der Waals surface area contributed by atoms with Crippen molar-refractivity contribution in [3.63, 3.8) is 0 Å². The molecule has 2 nitrogen and oxygen atoms in total. The van der Waals surface area contributed by atoms with Gasteiger partial charge in [0, 0.05) is 12.0 Å². The molecular formula is C25H22NO+. The minimum Gasteiger partial charge on any atom is -0.380 e. The highest BCUT2D eigenvalue weighted by Gasteiger charge is 2.64. The summed E-state index contributed by atoms with van der Waals surface area (Å²) in [6.07, 6.45) is 5.15. The first-order valence-electron chi connectivity index (χ1n) is 9.47. The molecule has 2 aliphatic rings. The molecule has 0 fully saturated rings. The lowest BCUT2D eigenvalue weighted by Gasteiger charge is -2.34. The lowest BCUT2D eigenvalue weighted by atomic mass is 9.71. The molecule has 27 heavy (non-hydrogen) atoms. The number of nitrogens with one attached hydrogen (secondary N) is 1. The van der Waals surface area contributed by atoms with Gasteiger partial charge in [-0.25, -0.2) is 4.99 Å². The minimum absolute atomic E-state index is 0.00925. The summed E-state index contributed by atoms with van der Waals surface area (Å²) in [6.45, 7) is 0. The van der Waals surface area contributed by atoms with E-state index < -0.39 is 11.1 Å². The zero-order valence-electron chi connectivity index (χ0n) is 15.0. The fourth-order valence-corrected chi connectivity index (χ4v) is 4.85. The van der Waals surface area contributed by atoms with Gasteiger partial charge in [-0.2, -0.15) is 0 Å². The molecule has 1 heterocycles. The second kappa shape index (κ2) is 6.04. The highest BCUT2D eigenvalue weighted by molar-refractivity contribution is 5.80. The molecule has 0 saturated heterocycles. The maximum absolute atomic E-state index is 12.2. The molecule has 132 valence electrons. The summed E-state index contributed by atoms with van der Waals surface area (Å²) >= 11 is 0. The van der Waals surface area contributed by atoms with Gasteiger partial charge in [0.15, 0.2) is 0 Å². The Morgan fingerprint density at radius 3 is 1.93 bits per heavy atom. The zero-order chi connectivity index (χ0) is 18.3. The molecule has 2 heteroatoms. The average molecular weight is 352 g/mol. The molecule has 5 rings (SSSR count). The van der Waals surface area contributed by atoms with Crippen molar-refractivity contribution in [3.8, 4) is 0 Å². The van der Waals surface area contributed by atoms with Gasteiger partial charge in [-0.05, 0) is 22.8 Å². The van der Waals surface area contributed by atoms with Crippen molar-refractivity contribution in [1.29, 1.82) is 0 Å². The Kier molecular flexibility index (Phi) is 3.63. The van der Waals surface area contributed by atoms with E-state index in [-0.39, 0.29) is 5.92 Å². The van der Waals surface area contributed by atoms with Crippen molar-refractivity contribution in [1.82, 2.24) is 0 Å². The second-order valence-corrected chi connectivity index (χ2v) is 7.43. The largest absolute Gasteiger partial charge is 0.380 e. The van der Waals surface area contributed by atoms with Crippen LogP contribution in [0.25, 0.3) is 5.57 Å². The Labute approximate surface area is 159 Å². The van der Waals surface area contributed by atoms with Crippen LogP contribution in [0.4, 0.5) is 0 Å². The second-order valence-electron chi connectivity index (χ2n) is 7.43. The first-order chi connectivity index (χ1) is 13.2. The number of hydrogen-bond donors (Lipinski definition) is 2. The summed E-state index contributed by atoms with van der Waals surface area (Å²) < 4.78 is 0. The van der Waals surface area contributed by atoms with Crippen LogP contribution in [0, 0.1) is 5.92 Å². The average Bonchev–Trinajstić information content (AvgIpc) is 3.28. The molecule has 3 aromatic carbocycles. The van der Waals surface area contributed by atoms with E-state index in [2.05, 4.69) is 53.7 Å². The van der Waals surface area contributed by atoms with Crippen molar-refractivity contribution in [3.05, 3.63) is 114 Å². The predicted molar refractivity (Wildman–Crippen MR) is 108 cm³/mol. The summed E-state index contributed by atoms with van der Waals surface area (Å²) in [5, 5.41) is 12.2. The van der Waals surface area contributed by atoms with Gasteiger partial charge in [0.2, 0.25) is 5.54 Å². The van der Waals surface area contributed by atoms with Crippen LogP contribution in [0.2, 0.25) is 0 Å². The molecule has 0 amide bonds. The summed E-state index contributed by atoms with van der Waals surface area (Å²) in [5.74, 6) is -0.00925. The Balaban J connectivity index is 1.78. The van der Waals surface area contributed by atoms with E-state index >= 15 is 0 Å². The van der Waals surface area contributed by atoms with Crippen LogP contribution in [0.1, 0.15) is 23.1 Å². The standard InChI is InChI=1S/C25H21NO/c27-25(21-14-8-3-9-15-21)22(19-10-4-1-5-11-19)18-24(23(25)16-17-26-24)20-12-6-2-7-13-20/h1-15,17-18,23,27H,16H2/p+1/t23-,24+,25+/m0/s1. The summed E-state index contributed by atoms with van der Waals surface area (Å²) in [4.78, 5) is 3.61. The Hall–Kier alpha value is -2.97. The molecule has 1 aliphatic carbocycles. The molecule has 2 N–H and O–H groups in total. The van der Waals surface area contributed by atoms with E-state index in [1.165, 1.54) is 5.56 Å². The highest BCUT2D eigenvalue weighted by Crippen LogP contribution is 2.56. The van der Waals surface area contributed by atoms with Crippen LogP contribution >= 0.6 is 0 Å². The molecule has 0 unspecified atom stereocenters. The monoisotopic (exact) mass is 352 g/mol. The van der Waals surface area contributed by atoms with Crippen LogP contribution in [0.3, 0.4) is 0 Å². The van der Waals surface area contributed by atoms with Crippen molar-refractivity contribution in [2.24, 2.45) is 5.92 Å². The molecule has 0 aromatic heterocycles. The van der Waals surface area contributed by atoms with E-state index in [1.807, 2.05) is 54.6 Å². The number of hydrogen-bond acceptors (Lipinski definition) is 1. The SMILES string of the molecule is O[C@]1(c2ccccc2)C(c2ccccc2)=C[C@]2(c3ccccc3)[NH+]=CC[C@@H]21. The molecule has 1 aliphatic heterocycles. The van der Waals surface area contributed by atoms with Crippen LogP contribution < -0.4 is 4.99 Å². The molecule has 0 radical (unpaired) electrons.